The van der Waals surface area contributed by atoms with Gasteiger partial charge >= 0.3 is 0 Å². The lowest BCUT2D eigenvalue weighted by atomic mass is 10.2. The van der Waals surface area contributed by atoms with E-state index < -0.39 is 0 Å². The lowest BCUT2D eigenvalue weighted by Crippen LogP contribution is -2.43. The minimum atomic E-state index is -0.369. The Labute approximate surface area is 90.8 Å². The van der Waals surface area contributed by atoms with Gasteiger partial charge in [-0.2, -0.15) is 0 Å². The molecular formula is C10H21NO4. The highest BCUT2D eigenvalue weighted by atomic mass is 16.5. The number of aliphatic hydroxyl groups excluding tert-OH is 1. The summed E-state index contributed by atoms with van der Waals surface area (Å²) < 4.78 is 10.1. The number of carbonyl (C=O) groups is 1. The molecule has 0 fully saturated rings. The maximum atomic E-state index is 11.3. The first-order chi connectivity index (χ1) is 6.89. The number of hydrogen-bond donors (Lipinski definition) is 2. The minimum absolute atomic E-state index is 0.0102. The zero-order valence-electron chi connectivity index (χ0n) is 9.87. The number of methoxy groups -OCH3 is 1. The summed E-state index contributed by atoms with van der Waals surface area (Å²) in [5.74, 6) is -0.249. The van der Waals surface area contributed by atoms with Crippen molar-refractivity contribution in [1.29, 1.82) is 0 Å². The molecule has 0 aliphatic carbocycles. The number of nitrogens with one attached hydrogen (secondary N) is 1. The van der Waals surface area contributed by atoms with Crippen LogP contribution in [0.5, 0.6) is 0 Å². The van der Waals surface area contributed by atoms with Gasteiger partial charge in [0.25, 0.3) is 0 Å². The number of amides is 1. The van der Waals surface area contributed by atoms with Crippen LogP contribution in [0.1, 0.15) is 20.8 Å². The third kappa shape index (κ3) is 8.35. The standard InChI is InChI=1S/C10H21NO4/c1-10(2,3)15-7-9(13)11-8(5-12)6-14-4/h8,12H,5-7H2,1-4H3,(H,11,13). The Morgan fingerprint density at radius 3 is 2.47 bits per heavy atom. The SMILES string of the molecule is COCC(CO)NC(=O)COC(C)(C)C. The molecule has 0 saturated carbocycles. The van der Waals surface area contributed by atoms with Crippen LogP contribution in [-0.4, -0.2) is 49.6 Å². The van der Waals surface area contributed by atoms with Crippen LogP contribution < -0.4 is 5.32 Å². The quantitative estimate of drug-likeness (QED) is 0.656. The third-order valence-electron chi connectivity index (χ3n) is 1.59. The van der Waals surface area contributed by atoms with E-state index in [9.17, 15) is 4.79 Å². The molecule has 0 aliphatic rings. The molecule has 15 heavy (non-hydrogen) atoms. The van der Waals surface area contributed by atoms with E-state index >= 15 is 0 Å². The van der Waals surface area contributed by atoms with Gasteiger partial charge in [0.15, 0.2) is 0 Å². The molecule has 1 unspecified atom stereocenters. The summed E-state index contributed by atoms with van der Waals surface area (Å²) in [7, 11) is 1.51. The molecule has 2 N–H and O–H groups in total. The summed E-state index contributed by atoms with van der Waals surface area (Å²) >= 11 is 0. The summed E-state index contributed by atoms with van der Waals surface area (Å²) in [4.78, 5) is 11.3. The second kappa shape index (κ2) is 6.76. The first-order valence-electron chi connectivity index (χ1n) is 4.92. The van der Waals surface area contributed by atoms with Gasteiger partial charge in [-0.05, 0) is 20.8 Å². The molecule has 0 rings (SSSR count). The Bertz CT molecular complexity index is 188. The van der Waals surface area contributed by atoms with Crippen molar-refractivity contribution in [2.24, 2.45) is 0 Å². The molecule has 0 aliphatic heterocycles. The van der Waals surface area contributed by atoms with Crippen LogP contribution in [0.15, 0.2) is 0 Å². The van der Waals surface area contributed by atoms with Crippen molar-refractivity contribution in [3.05, 3.63) is 0 Å². The summed E-state index contributed by atoms with van der Waals surface area (Å²) in [6, 6.07) is -0.369. The highest BCUT2D eigenvalue weighted by Gasteiger charge is 2.15. The fourth-order valence-corrected chi connectivity index (χ4v) is 0.893. The molecule has 0 bridgehead atoms. The van der Waals surface area contributed by atoms with Crippen LogP contribution in [0.4, 0.5) is 0 Å². The molecule has 0 spiro atoms. The number of hydrogen-bond acceptors (Lipinski definition) is 4. The average Bonchev–Trinajstić information content (AvgIpc) is 2.13. The lowest BCUT2D eigenvalue weighted by Gasteiger charge is -2.20. The van der Waals surface area contributed by atoms with E-state index in [0.717, 1.165) is 0 Å². The van der Waals surface area contributed by atoms with Crippen LogP contribution in [0.2, 0.25) is 0 Å². The van der Waals surface area contributed by atoms with Crippen LogP contribution in [0.3, 0.4) is 0 Å². The molecule has 1 amide bonds. The van der Waals surface area contributed by atoms with Crippen molar-refractivity contribution in [3.8, 4) is 0 Å². The van der Waals surface area contributed by atoms with E-state index in [1.54, 1.807) is 0 Å². The maximum Gasteiger partial charge on any atom is 0.246 e. The third-order valence-corrected chi connectivity index (χ3v) is 1.59. The summed E-state index contributed by atoms with van der Waals surface area (Å²) in [5.41, 5.74) is -0.340. The van der Waals surface area contributed by atoms with Gasteiger partial charge < -0.3 is 19.9 Å². The lowest BCUT2D eigenvalue weighted by molar-refractivity contribution is -0.132. The van der Waals surface area contributed by atoms with E-state index in [-0.39, 0.29) is 37.4 Å². The van der Waals surface area contributed by atoms with Crippen LogP contribution >= 0.6 is 0 Å². The van der Waals surface area contributed by atoms with Crippen molar-refractivity contribution in [1.82, 2.24) is 5.32 Å². The van der Waals surface area contributed by atoms with Gasteiger partial charge in [0.1, 0.15) is 6.61 Å². The van der Waals surface area contributed by atoms with Crippen LogP contribution in [0.25, 0.3) is 0 Å². The zero-order valence-corrected chi connectivity index (χ0v) is 9.87. The van der Waals surface area contributed by atoms with Crippen molar-refractivity contribution in [2.45, 2.75) is 32.4 Å². The van der Waals surface area contributed by atoms with Crippen molar-refractivity contribution >= 4 is 5.91 Å². The number of rotatable bonds is 6. The van der Waals surface area contributed by atoms with Gasteiger partial charge in [0.05, 0.1) is 24.9 Å². The Morgan fingerprint density at radius 2 is 2.07 bits per heavy atom. The molecule has 0 aromatic rings. The molecule has 5 nitrogen and oxygen atoms in total. The normalized spacial score (nSPS) is 13.7. The first-order valence-corrected chi connectivity index (χ1v) is 4.92. The summed E-state index contributed by atoms with van der Waals surface area (Å²) in [5, 5.41) is 11.5. The van der Waals surface area contributed by atoms with Crippen molar-refractivity contribution in [2.75, 3.05) is 26.9 Å². The maximum absolute atomic E-state index is 11.3. The second-order valence-electron chi connectivity index (χ2n) is 4.30. The van der Waals surface area contributed by atoms with E-state index in [1.807, 2.05) is 20.8 Å². The van der Waals surface area contributed by atoms with Crippen LogP contribution in [-0.2, 0) is 14.3 Å². The van der Waals surface area contributed by atoms with E-state index in [1.165, 1.54) is 7.11 Å². The van der Waals surface area contributed by atoms with Gasteiger partial charge in [-0.3, -0.25) is 4.79 Å². The van der Waals surface area contributed by atoms with E-state index in [0.29, 0.717) is 0 Å². The van der Waals surface area contributed by atoms with Crippen molar-refractivity contribution in [3.63, 3.8) is 0 Å². The molecule has 90 valence electrons. The summed E-state index contributed by atoms with van der Waals surface area (Å²) in [6.45, 7) is 5.76. The van der Waals surface area contributed by atoms with E-state index in [2.05, 4.69) is 5.32 Å². The first kappa shape index (κ1) is 14.3. The van der Waals surface area contributed by atoms with Gasteiger partial charge in [-0.25, -0.2) is 0 Å². The monoisotopic (exact) mass is 219 g/mol. The van der Waals surface area contributed by atoms with Gasteiger partial charge in [0.2, 0.25) is 5.91 Å². The Kier molecular flexibility index (Phi) is 6.47. The summed E-state index contributed by atoms with van der Waals surface area (Å²) in [6.07, 6.45) is 0. The molecule has 0 heterocycles. The number of aliphatic hydroxyl groups is 1. The van der Waals surface area contributed by atoms with E-state index in [4.69, 9.17) is 14.6 Å². The fourth-order valence-electron chi connectivity index (χ4n) is 0.893. The Morgan fingerprint density at radius 1 is 1.47 bits per heavy atom. The van der Waals surface area contributed by atoms with Gasteiger partial charge in [-0.1, -0.05) is 0 Å². The zero-order chi connectivity index (χ0) is 11.9. The Hall–Kier alpha value is -0.650. The van der Waals surface area contributed by atoms with Crippen molar-refractivity contribution < 1.29 is 19.4 Å². The number of ether oxygens (including phenoxy) is 2. The molecule has 0 aromatic carbocycles. The fraction of sp³-hybridized carbons (Fsp3) is 0.900. The predicted octanol–water partition coefficient (Wildman–Crippen LogP) is -0.0750. The molecule has 0 saturated heterocycles. The molecule has 1 atom stereocenters. The van der Waals surface area contributed by atoms with Crippen LogP contribution in [0, 0.1) is 0 Å². The number of carbonyl (C=O) groups excluding carboxylic acids is 1. The predicted molar refractivity (Wildman–Crippen MR) is 56.6 cm³/mol. The second-order valence-corrected chi connectivity index (χ2v) is 4.30. The highest BCUT2D eigenvalue weighted by molar-refractivity contribution is 5.77. The highest BCUT2D eigenvalue weighted by Crippen LogP contribution is 2.05. The topological polar surface area (TPSA) is 67.8 Å². The average molecular weight is 219 g/mol. The minimum Gasteiger partial charge on any atom is -0.394 e. The molecule has 0 radical (unpaired) electrons. The molecule has 0 aromatic heterocycles. The molecule has 5 heteroatoms. The van der Waals surface area contributed by atoms with Gasteiger partial charge in [0, 0.05) is 7.11 Å². The van der Waals surface area contributed by atoms with Gasteiger partial charge in [-0.15, -0.1) is 0 Å². The Balaban J connectivity index is 3.81. The largest absolute Gasteiger partial charge is 0.394 e. The molecular weight excluding hydrogens is 198 g/mol. The smallest absolute Gasteiger partial charge is 0.246 e.